The number of quaternary nitrogens is 1. The summed E-state index contributed by atoms with van der Waals surface area (Å²) in [4.78, 5) is 39.2. The minimum atomic E-state index is -0.845. The molecule has 1 atom stereocenters. The van der Waals surface area contributed by atoms with Gasteiger partial charge in [-0.25, -0.2) is 0 Å². The molecule has 1 aliphatic rings. The SMILES string of the molecule is C[NH+](C)CCCN1C(=O)C([O-])=C(C(=O)c2cccs2)C1c1ccc([N+](=O)[O-])cc1. The van der Waals surface area contributed by atoms with Crippen LogP contribution < -0.4 is 10.0 Å². The van der Waals surface area contributed by atoms with Gasteiger partial charge < -0.3 is 14.9 Å². The Bertz CT molecular complexity index is 951. The maximum Gasteiger partial charge on any atom is 0.269 e. The van der Waals surface area contributed by atoms with Gasteiger partial charge in [-0.1, -0.05) is 6.07 Å². The van der Waals surface area contributed by atoms with Crippen LogP contribution in [-0.2, 0) is 4.79 Å². The number of ketones is 1. The number of amides is 1. The molecule has 9 heteroatoms. The van der Waals surface area contributed by atoms with E-state index in [2.05, 4.69) is 0 Å². The summed E-state index contributed by atoms with van der Waals surface area (Å²) in [5.41, 5.74) is 0.314. The number of nitro groups is 1. The summed E-state index contributed by atoms with van der Waals surface area (Å²) in [5, 5.41) is 25.4. The molecule has 0 aliphatic carbocycles. The monoisotopic (exact) mass is 415 g/mol. The Morgan fingerprint density at radius 2 is 1.93 bits per heavy atom. The van der Waals surface area contributed by atoms with Gasteiger partial charge in [0.2, 0.25) is 11.7 Å². The number of Topliss-reactive ketones (excluding diaryl/α,β-unsaturated/α-hetero) is 1. The zero-order chi connectivity index (χ0) is 21.1. The minimum Gasteiger partial charge on any atom is -0.868 e. The van der Waals surface area contributed by atoms with Crippen LogP contribution >= 0.6 is 11.3 Å². The number of non-ortho nitro benzene ring substituents is 1. The molecular weight excluding hydrogens is 394 g/mol. The summed E-state index contributed by atoms with van der Waals surface area (Å²) in [7, 11) is 3.98. The lowest BCUT2D eigenvalue weighted by atomic mass is 9.95. The van der Waals surface area contributed by atoms with Crippen LogP contribution in [-0.4, -0.2) is 48.7 Å². The van der Waals surface area contributed by atoms with Gasteiger partial charge in [0.25, 0.3) is 5.69 Å². The highest BCUT2D eigenvalue weighted by atomic mass is 32.1. The van der Waals surface area contributed by atoms with Crippen LogP contribution in [0.3, 0.4) is 0 Å². The van der Waals surface area contributed by atoms with Crippen molar-refractivity contribution in [3.05, 3.63) is 73.7 Å². The quantitative estimate of drug-likeness (QED) is 0.385. The predicted octanol–water partition coefficient (Wildman–Crippen LogP) is 0.572. The molecule has 0 bridgehead atoms. The molecule has 1 aliphatic heterocycles. The summed E-state index contributed by atoms with van der Waals surface area (Å²) in [6, 6.07) is 8.11. The molecule has 1 N–H and O–H groups in total. The van der Waals surface area contributed by atoms with E-state index in [-0.39, 0.29) is 11.3 Å². The van der Waals surface area contributed by atoms with Gasteiger partial charge in [-0.15, -0.1) is 11.3 Å². The molecule has 0 saturated carbocycles. The van der Waals surface area contributed by atoms with Crippen molar-refractivity contribution in [3.63, 3.8) is 0 Å². The molecule has 0 spiro atoms. The molecule has 29 heavy (non-hydrogen) atoms. The number of carbonyl (C=O) groups is 2. The van der Waals surface area contributed by atoms with E-state index >= 15 is 0 Å². The molecule has 2 heterocycles. The number of hydrogen-bond acceptors (Lipinski definition) is 6. The van der Waals surface area contributed by atoms with E-state index in [4.69, 9.17) is 0 Å². The van der Waals surface area contributed by atoms with E-state index in [0.29, 0.717) is 23.4 Å². The second-order valence-electron chi connectivity index (χ2n) is 7.11. The van der Waals surface area contributed by atoms with Crippen molar-refractivity contribution in [1.82, 2.24) is 4.90 Å². The molecule has 1 amide bonds. The number of carbonyl (C=O) groups excluding carboxylic acids is 2. The van der Waals surface area contributed by atoms with E-state index in [0.717, 1.165) is 6.54 Å². The van der Waals surface area contributed by atoms with Gasteiger partial charge in [-0.05, 0) is 34.9 Å². The molecule has 3 rings (SSSR count). The van der Waals surface area contributed by atoms with Gasteiger partial charge in [0.05, 0.1) is 36.5 Å². The van der Waals surface area contributed by atoms with Crippen molar-refractivity contribution >= 4 is 28.7 Å². The fraction of sp³-hybridized carbons (Fsp3) is 0.300. The maximum atomic E-state index is 13.0. The van der Waals surface area contributed by atoms with Gasteiger partial charge >= 0.3 is 0 Å². The number of nitrogens with zero attached hydrogens (tertiary/aromatic N) is 2. The van der Waals surface area contributed by atoms with Crippen molar-refractivity contribution in [2.45, 2.75) is 12.5 Å². The predicted molar refractivity (Wildman–Crippen MR) is 106 cm³/mol. The first-order valence-corrected chi connectivity index (χ1v) is 10.0. The third-order valence-electron chi connectivity index (χ3n) is 4.77. The molecule has 1 aromatic carbocycles. The number of rotatable bonds is 8. The summed E-state index contributed by atoms with van der Waals surface area (Å²) >= 11 is 1.20. The Labute approximate surface area is 171 Å². The highest BCUT2D eigenvalue weighted by Gasteiger charge is 2.39. The number of hydrogen-bond donors (Lipinski definition) is 1. The van der Waals surface area contributed by atoms with Crippen LogP contribution in [0.1, 0.15) is 27.7 Å². The highest BCUT2D eigenvalue weighted by Crippen LogP contribution is 2.39. The Morgan fingerprint density at radius 3 is 2.48 bits per heavy atom. The molecule has 1 unspecified atom stereocenters. The largest absolute Gasteiger partial charge is 0.868 e. The normalized spacial score (nSPS) is 16.7. The van der Waals surface area contributed by atoms with Crippen molar-refractivity contribution in [1.29, 1.82) is 0 Å². The zero-order valence-electron chi connectivity index (χ0n) is 16.1. The van der Waals surface area contributed by atoms with Crippen LogP contribution in [0, 0.1) is 10.1 Å². The number of benzene rings is 1. The summed E-state index contributed by atoms with van der Waals surface area (Å²) in [6.45, 7) is 1.11. The van der Waals surface area contributed by atoms with E-state index in [1.807, 2.05) is 14.1 Å². The lowest BCUT2D eigenvalue weighted by Gasteiger charge is -2.27. The molecule has 0 fully saturated rings. The number of thiophene rings is 1. The molecule has 2 aromatic rings. The topological polar surface area (TPSA) is 108 Å². The van der Waals surface area contributed by atoms with Gasteiger partial charge in [-0.3, -0.25) is 19.7 Å². The molecule has 0 radical (unpaired) electrons. The second kappa shape index (κ2) is 8.54. The Kier molecular flexibility index (Phi) is 6.09. The second-order valence-corrected chi connectivity index (χ2v) is 8.06. The number of nitro benzene ring substituents is 1. The molecule has 8 nitrogen and oxygen atoms in total. The fourth-order valence-electron chi connectivity index (χ4n) is 3.37. The fourth-order valence-corrected chi connectivity index (χ4v) is 4.05. The van der Waals surface area contributed by atoms with E-state index in [9.17, 15) is 24.8 Å². The first kappa shape index (κ1) is 20.7. The average Bonchev–Trinajstić information content (AvgIpc) is 3.30. The maximum absolute atomic E-state index is 13.0. The highest BCUT2D eigenvalue weighted by molar-refractivity contribution is 7.12. The lowest BCUT2D eigenvalue weighted by molar-refractivity contribution is -0.858. The molecular formula is C20H21N3O5S. The summed E-state index contributed by atoms with van der Waals surface area (Å²) < 4.78 is 0. The van der Waals surface area contributed by atoms with Crippen LogP contribution in [0.15, 0.2) is 53.1 Å². The van der Waals surface area contributed by atoms with Crippen molar-refractivity contribution < 1.29 is 24.5 Å². The minimum absolute atomic E-state index is 0.0940. The third kappa shape index (κ3) is 4.20. The Morgan fingerprint density at radius 1 is 1.24 bits per heavy atom. The van der Waals surface area contributed by atoms with E-state index < -0.39 is 28.4 Å². The lowest BCUT2D eigenvalue weighted by Crippen LogP contribution is -3.05. The van der Waals surface area contributed by atoms with Gasteiger partial charge in [-0.2, -0.15) is 0 Å². The average molecular weight is 415 g/mol. The van der Waals surface area contributed by atoms with Crippen LogP contribution in [0.2, 0.25) is 0 Å². The van der Waals surface area contributed by atoms with E-state index in [1.54, 1.807) is 17.5 Å². The Hall–Kier alpha value is -3.04. The smallest absolute Gasteiger partial charge is 0.269 e. The van der Waals surface area contributed by atoms with Crippen molar-refractivity contribution in [3.8, 4) is 0 Å². The molecule has 1 aromatic heterocycles. The summed E-state index contributed by atoms with van der Waals surface area (Å²) in [5.74, 6) is -1.98. The van der Waals surface area contributed by atoms with Gasteiger partial charge in [0.1, 0.15) is 0 Å². The molecule has 0 saturated heterocycles. The van der Waals surface area contributed by atoms with Crippen LogP contribution in [0.25, 0.3) is 0 Å². The number of nitrogens with one attached hydrogen (secondary N) is 1. The standard InChI is InChI=1S/C20H21N3O5S/c1-21(2)10-4-11-22-17(13-6-8-14(9-7-13)23(27)28)16(19(25)20(22)26)18(24)15-5-3-12-29-15/h3,5-9,12,17,25H,4,10-11H2,1-2H3. The zero-order valence-corrected chi connectivity index (χ0v) is 16.9. The van der Waals surface area contributed by atoms with Crippen LogP contribution in [0.5, 0.6) is 0 Å². The first-order valence-electron chi connectivity index (χ1n) is 9.15. The van der Waals surface area contributed by atoms with Crippen LogP contribution in [0.4, 0.5) is 5.69 Å². The van der Waals surface area contributed by atoms with E-state index in [1.165, 1.54) is 45.4 Å². The summed E-state index contributed by atoms with van der Waals surface area (Å²) in [6.07, 6.45) is 0.658. The van der Waals surface area contributed by atoms with Crippen molar-refractivity contribution in [2.75, 3.05) is 27.2 Å². The third-order valence-corrected chi connectivity index (χ3v) is 5.64. The first-order chi connectivity index (χ1) is 13.8. The molecule has 152 valence electrons. The van der Waals surface area contributed by atoms with Crippen molar-refractivity contribution in [2.24, 2.45) is 0 Å². The van der Waals surface area contributed by atoms with Gasteiger partial charge in [0.15, 0.2) is 0 Å². The Balaban J connectivity index is 2.00. The van der Waals surface area contributed by atoms with Gasteiger partial charge in [0, 0.05) is 30.7 Å².